The number of rotatable bonds is 1. The molecule has 2 heteroatoms. The largest absolute Gasteiger partial charge is 0.506 e. The molecule has 0 saturated carbocycles. The predicted octanol–water partition coefficient (Wildman–Crippen LogP) is 2.95. The normalized spacial score (nSPS) is 10.2. The first-order valence-corrected chi connectivity index (χ1v) is 4.82. The van der Waals surface area contributed by atoms with Crippen molar-refractivity contribution in [1.29, 1.82) is 0 Å². The Morgan fingerprint density at radius 3 is 2.40 bits per heavy atom. The Hall–Kier alpha value is -1.96. The maximum Gasteiger partial charge on any atom is 0.138 e. The van der Waals surface area contributed by atoms with E-state index in [2.05, 4.69) is 6.07 Å². The molecule has 0 amide bonds. The van der Waals surface area contributed by atoms with Crippen LogP contribution in [-0.4, -0.2) is 5.11 Å². The fourth-order valence-electron chi connectivity index (χ4n) is 1.56. The first-order chi connectivity index (χ1) is 7.16. The van der Waals surface area contributed by atoms with Crippen LogP contribution in [0, 0.1) is 6.92 Å². The minimum atomic E-state index is 0.131. The second kappa shape index (κ2) is 3.65. The lowest BCUT2D eigenvalue weighted by atomic mass is 10.0. The van der Waals surface area contributed by atoms with Crippen LogP contribution >= 0.6 is 0 Å². The van der Waals surface area contributed by atoms with Crippen LogP contribution in [-0.2, 0) is 0 Å². The van der Waals surface area contributed by atoms with E-state index in [-0.39, 0.29) is 5.75 Å². The molecule has 2 nitrogen and oxygen atoms in total. The van der Waals surface area contributed by atoms with Gasteiger partial charge in [0.1, 0.15) is 5.75 Å². The number of aryl methyl sites for hydroxylation is 1. The summed E-state index contributed by atoms with van der Waals surface area (Å²) in [6, 6.07) is 13.4. The van der Waals surface area contributed by atoms with Crippen molar-refractivity contribution in [3.63, 3.8) is 0 Å². The zero-order valence-corrected chi connectivity index (χ0v) is 8.57. The van der Waals surface area contributed by atoms with Crippen molar-refractivity contribution in [2.45, 2.75) is 6.92 Å². The number of phenolic OH excluding ortho intramolecular Hbond substituents is 1. The van der Waals surface area contributed by atoms with Gasteiger partial charge in [-0.25, -0.2) is 0 Å². The quantitative estimate of drug-likeness (QED) is 0.548. The van der Waals surface area contributed by atoms with Crippen molar-refractivity contribution in [2.75, 3.05) is 5.73 Å². The predicted molar refractivity (Wildman–Crippen MR) is 62.7 cm³/mol. The van der Waals surface area contributed by atoms with E-state index in [1.165, 1.54) is 5.56 Å². The second-order valence-corrected chi connectivity index (χ2v) is 3.64. The van der Waals surface area contributed by atoms with Crippen molar-refractivity contribution >= 4 is 5.69 Å². The van der Waals surface area contributed by atoms with Crippen LogP contribution in [0.1, 0.15) is 5.56 Å². The Labute approximate surface area is 89.0 Å². The maximum absolute atomic E-state index is 9.32. The van der Waals surface area contributed by atoms with E-state index in [1.54, 1.807) is 12.1 Å². The standard InChI is InChI=1S/C13H13NO/c1-9-3-2-4-10(7-9)11-5-6-13(15)12(14)8-11/h2-8,15H,14H2,1H3. The minimum Gasteiger partial charge on any atom is -0.506 e. The number of nitrogen functional groups attached to an aromatic ring is 1. The van der Waals surface area contributed by atoms with Crippen LogP contribution < -0.4 is 5.73 Å². The molecule has 0 aliphatic heterocycles. The average Bonchev–Trinajstić information content (AvgIpc) is 2.22. The molecule has 0 radical (unpaired) electrons. The molecule has 0 fully saturated rings. The lowest BCUT2D eigenvalue weighted by molar-refractivity contribution is 0.478. The number of phenols is 1. The Morgan fingerprint density at radius 2 is 1.73 bits per heavy atom. The fraction of sp³-hybridized carbons (Fsp3) is 0.0769. The van der Waals surface area contributed by atoms with Gasteiger partial charge in [0.25, 0.3) is 0 Å². The third-order valence-corrected chi connectivity index (χ3v) is 2.38. The molecule has 0 atom stereocenters. The average molecular weight is 199 g/mol. The summed E-state index contributed by atoms with van der Waals surface area (Å²) in [4.78, 5) is 0. The number of aromatic hydroxyl groups is 1. The summed E-state index contributed by atoms with van der Waals surface area (Å²) in [7, 11) is 0. The van der Waals surface area contributed by atoms with Crippen LogP contribution in [0.4, 0.5) is 5.69 Å². The van der Waals surface area contributed by atoms with E-state index in [1.807, 2.05) is 31.2 Å². The molecule has 3 N–H and O–H groups in total. The van der Waals surface area contributed by atoms with Gasteiger partial charge < -0.3 is 10.8 Å². The number of benzene rings is 2. The molecule has 15 heavy (non-hydrogen) atoms. The highest BCUT2D eigenvalue weighted by atomic mass is 16.3. The molecule has 0 aromatic heterocycles. The topological polar surface area (TPSA) is 46.2 Å². The molecule has 0 aliphatic carbocycles. The van der Waals surface area contributed by atoms with E-state index in [0.717, 1.165) is 11.1 Å². The highest BCUT2D eigenvalue weighted by Gasteiger charge is 2.01. The summed E-state index contributed by atoms with van der Waals surface area (Å²) in [5.74, 6) is 0.131. The third kappa shape index (κ3) is 1.94. The van der Waals surface area contributed by atoms with Crippen LogP contribution in [0.15, 0.2) is 42.5 Å². The molecule has 0 heterocycles. The molecule has 0 unspecified atom stereocenters. The smallest absolute Gasteiger partial charge is 0.138 e. The summed E-state index contributed by atoms with van der Waals surface area (Å²) in [5.41, 5.74) is 9.40. The van der Waals surface area contributed by atoms with Gasteiger partial charge >= 0.3 is 0 Å². The fourth-order valence-corrected chi connectivity index (χ4v) is 1.56. The zero-order valence-electron chi connectivity index (χ0n) is 8.57. The molecule has 2 aromatic carbocycles. The molecule has 0 saturated heterocycles. The van der Waals surface area contributed by atoms with Gasteiger partial charge in [-0.3, -0.25) is 0 Å². The summed E-state index contributed by atoms with van der Waals surface area (Å²) < 4.78 is 0. The van der Waals surface area contributed by atoms with E-state index in [4.69, 9.17) is 5.73 Å². The van der Waals surface area contributed by atoms with E-state index >= 15 is 0 Å². The highest BCUT2D eigenvalue weighted by Crippen LogP contribution is 2.27. The van der Waals surface area contributed by atoms with E-state index in [0.29, 0.717) is 5.69 Å². The summed E-state index contributed by atoms with van der Waals surface area (Å²) >= 11 is 0. The maximum atomic E-state index is 9.32. The number of hydrogen-bond donors (Lipinski definition) is 2. The van der Waals surface area contributed by atoms with Gasteiger partial charge in [-0.15, -0.1) is 0 Å². The van der Waals surface area contributed by atoms with Crippen LogP contribution in [0.5, 0.6) is 5.75 Å². The number of anilines is 1. The van der Waals surface area contributed by atoms with Gasteiger partial charge in [-0.1, -0.05) is 35.9 Å². The molecular formula is C13H13NO. The van der Waals surface area contributed by atoms with Crippen molar-refractivity contribution in [3.8, 4) is 16.9 Å². The van der Waals surface area contributed by atoms with Gasteiger partial charge in [-0.2, -0.15) is 0 Å². The molecule has 2 rings (SSSR count). The van der Waals surface area contributed by atoms with Gasteiger partial charge in [-0.05, 0) is 30.2 Å². The highest BCUT2D eigenvalue weighted by molar-refractivity contribution is 5.70. The van der Waals surface area contributed by atoms with Crippen molar-refractivity contribution < 1.29 is 5.11 Å². The Balaban J connectivity index is 2.50. The van der Waals surface area contributed by atoms with Gasteiger partial charge in [0.15, 0.2) is 0 Å². The van der Waals surface area contributed by atoms with Crippen LogP contribution in [0.2, 0.25) is 0 Å². The lowest BCUT2D eigenvalue weighted by Gasteiger charge is -2.05. The Bertz CT molecular complexity index is 492. The van der Waals surface area contributed by atoms with Crippen molar-refractivity contribution in [3.05, 3.63) is 48.0 Å². The van der Waals surface area contributed by atoms with Crippen molar-refractivity contribution in [2.24, 2.45) is 0 Å². The SMILES string of the molecule is Cc1cccc(-c2ccc(O)c(N)c2)c1. The number of nitrogens with two attached hydrogens (primary N) is 1. The van der Waals surface area contributed by atoms with Crippen molar-refractivity contribution in [1.82, 2.24) is 0 Å². The molecule has 0 spiro atoms. The minimum absolute atomic E-state index is 0.131. The van der Waals surface area contributed by atoms with Crippen LogP contribution in [0.3, 0.4) is 0 Å². The van der Waals surface area contributed by atoms with E-state index < -0.39 is 0 Å². The molecule has 2 aromatic rings. The molecular weight excluding hydrogens is 186 g/mol. The van der Waals surface area contributed by atoms with Gasteiger partial charge in [0.2, 0.25) is 0 Å². The summed E-state index contributed by atoms with van der Waals surface area (Å²) in [6.07, 6.45) is 0. The Kier molecular flexibility index (Phi) is 2.34. The first kappa shape index (κ1) is 9.59. The lowest BCUT2D eigenvalue weighted by Crippen LogP contribution is -1.87. The summed E-state index contributed by atoms with van der Waals surface area (Å²) in [5, 5.41) is 9.32. The third-order valence-electron chi connectivity index (χ3n) is 2.38. The van der Waals surface area contributed by atoms with Gasteiger partial charge in [0, 0.05) is 0 Å². The zero-order chi connectivity index (χ0) is 10.8. The second-order valence-electron chi connectivity index (χ2n) is 3.64. The monoisotopic (exact) mass is 199 g/mol. The molecule has 76 valence electrons. The van der Waals surface area contributed by atoms with Crippen LogP contribution in [0.25, 0.3) is 11.1 Å². The summed E-state index contributed by atoms with van der Waals surface area (Å²) in [6.45, 7) is 2.05. The molecule has 0 aliphatic rings. The van der Waals surface area contributed by atoms with Gasteiger partial charge in [0.05, 0.1) is 5.69 Å². The van der Waals surface area contributed by atoms with E-state index in [9.17, 15) is 5.11 Å². The first-order valence-electron chi connectivity index (χ1n) is 4.82. The number of hydrogen-bond acceptors (Lipinski definition) is 2. The Morgan fingerprint density at radius 1 is 1.00 bits per heavy atom. The molecule has 0 bridgehead atoms.